The van der Waals surface area contributed by atoms with Gasteiger partial charge < -0.3 is 10.1 Å². The van der Waals surface area contributed by atoms with E-state index in [9.17, 15) is 4.79 Å². The summed E-state index contributed by atoms with van der Waals surface area (Å²) in [4.78, 5) is 19.9. The quantitative estimate of drug-likeness (QED) is 0.854. The number of H-pyrrole nitrogens is 1. The van der Waals surface area contributed by atoms with E-state index in [2.05, 4.69) is 25.4 Å². The first kappa shape index (κ1) is 17.9. The Kier molecular flexibility index (Phi) is 5.55. The van der Waals surface area contributed by atoms with E-state index in [4.69, 9.17) is 4.74 Å². The number of amides is 1. The highest BCUT2D eigenvalue weighted by Gasteiger charge is 2.40. The summed E-state index contributed by atoms with van der Waals surface area (Å²) in [5.74, 6) is 2.12. The predicted molar refractivity (Wildman–Crippen MR) is 97.8 cm³/mol. The van der Waals surface area contributed by atoms with Gasteiger partial charge in [0.25, 0.3) is 0 Å². The number of rotatable bonds is 4. The number of hydrogen-bond donors (Lipinski definition) is 2. The van der Waals surface area contributed by atoms with Gasteiger partial charge in [-0.2, -0.15) is 5.10 Å². The van der Waals surface area contributed by atoms with Gasteiger partial charge in [0.1, 0.15) is 5.82 Å². The lowest BCUT2D eigenvalue weighted by atomic mass is 9.94. The Morgan fingerprint density at radius 1 is 1.15 bits per heavy atom. The fourth-order valence-electron chi connectivity index (χ4n) is 4.77. The van der Waals surface area contributed by atoms with Crippen molar-refractivity contribution >= 4 is 5.91 Å². The summed E-state index contributed by atoms with van der Waals surface area (Å²) in [5.41, 5.74) is 0. The average molecular weight is 361 g/mol. The Labute approximate surface area is 155 Å². The molecule has 1 aromatic heterocycles. The van der Waals surface area contributed by atoms with Crippen LogP contribution in [0.1, 0.15) is 62.5 Å². The van der Waals surface area contributed by atoms with Crippen LogP contribution in [0.25, 0.3) is 0 Å². The van der Waals surface area contributed by atoms with E-state index in [-0.39, 0.29) is 23.8 Å². The molecule has 7 nitrogen and oxygen atoms in total. The van der Waals surface area contributed by atoms with E-state index in [0.29, 0.717) is 19.3 Å². The van der Waals surface area contributed by atoms with E-state index in [0.717, 1.165) is 37.6 Å². The van der Waals surface area contributed by atoms with Crippen LogP contribution in [0.4, 0.5) is 0 Å². The van der Waals surface area contributed by atoms with Crippen molar-refractivity contribution < 1.29 is 9.53 Å². The molecule has 1 amide bonds. The van der Waals surface area contributed by atoms with Gasteiger partial charge in [-0.05, 0) is 32.6 Å². The topological polar surface area (TPSA) is 83.1 Å². The standard InChI is InChI=1S/C19H31N5O2/c1-13-20-18(23-22-13)16-11-24(15-5-3-2-4-6-15)12-17(16)21-19(25)14-7-9-26-10-8-14/h14-17H,2-12H2,1H3,(H,21,25)(H,20,22,23)/t16-,17-/m1/s1. The Hall–Kier alpha value is -1.47. The molecule has 2 aliphatic heterocycles. The van der Waals surface area contributed by atoms with E-state index in [1.165, 1.54) is 32.1 Å². The van der Waals surface area contributed by atoms with Crippen LogP contribution in [0.2, 0.25) is 0 Å². The number of ether oxygens (including phenoxy) is 1. The Bertz CT molecular complexity index is 607. The van der Waals surface area contributed by atoms with Crippen LogP contribution in [-0.4, -0.2) is 64.4 Å². The van der Waals surface area contributed by atoms with Crippen molar-refractivity contribution in [3.05, 3.63) is 11.6 Å². The molecule has 3 fully saturated rings. The number of likely N-dealkylation sites (tertiary alicyclic amines) is 1. The summed E-state index contributed by atoms with van der Waals surface area (Å²) in [6, 6.07) is 0.749. The van der Waals surface area contributed by atoms with Gasteiger partial charge in [-0.15, -0.1) is 0 Å². The van der Waals surface area contributed by atoms with Crippen LogP contribution in [0.15, 0.2) is 0 Å². The largest absolute Gasteiger partial charge is 0.381 e. The van der Waals surface area contributed by atoms with Crippen molar-refractivity contribution in [3.8, 4) is 0 Å². The molecule has 0 bridgehead atoms. The van der Waals surface area contributed by atoms with E-state index < -0.39 is 0 Å². The van der Waals surface area contributed by atoms with Crippen LogP contribution in [0.3, 0.4) is 0 Å². The number of nitrogens with one attached hydrogen (secondary N) is 2. The normalized spacial score (nSPS) is 29.1. The second kappa shape index (κ2) is 8.05. The van der Waals surface area contributed by atoms with Crippen molar-refractivity contribution in [2.24, 2.45) is 5.92 Å². The summed E-state index contributed by atoms with van der Waals surface area (Å²) < 4.78 is 5.40. The molecule has 2 N–H and O–H groups in total. The summed E-state index contributed by atoms with van der Waals surface area (Å²) >= 11 is 0. The molecular weight excluding hydrogens is 330 g/mol. The van der Waals surface area contributed by atoms with Gasteiger partial charge in [-0.25, -0.2) is 4.98 Å². The number of carbonyl (C=O) groups excluding carboxylic acids is 1. The highest BCUT2D eigenvalue weighted by molar-refractivity contribution is 5.79. The number of nitrogens with zero attached hydrogens (tertiary/aromatic N) is 3. The Balaban J connectivity index is 1.46. The van der Waals surface area contributed by atoms with Crippen LogP contribution in [-0.2, 0) is 9.53 Å². The average Bonchev–Trinajstić information content (AvgIpc) is 3.29. The monoisotopic (exact) mass is 361 g/mol. The molecule has 7 heteroatoms. The first-order chi connectivity index (χ1) is 12.7. The molecule has 1 aromatic rings. The van der Waals surface area contributed by atoms with Crippen molar-refractivity contribution in [2.75, 3.05) is 26.3 Å². The van der Waals surface area contributed by atoms with Gasteiger partial charge in [-0.1, -0.05) is 19.3 Å². The summed E-state index contributed by atoms with van der Waals surface area (Å²) in [5, 5.41) is 10.7. The lowest BCUT2D eigenvalue weighted by Gasteiger charge is -2.31. The highest BCUT2D eigenvalue weighted by Crippen LogP contribution is 2.32. The lowest BCUT2D eigenvalue weighted by Crippen LogP contribution is -2.45. The van der Waals surface area contributed by atoms with Crippen molar-refractivity contribution in [2.45, 2.75) is 69.9 Å². The lowest BCUT2D eigenvalue weighted by molar-refractivity contribution is -0.128. The van der Waals surface area contributed by atoms with Gasteiger partial charge in [-0.3, -0.25) is 14.8 Å². The van der Waals surface area contributed by atoms with Gasteiger partial charge in [0, 0.05) is 38.3 Å². The maximum Gasteiger partial charge on any atom is 0.223 e. The van der Waals surface area contributed by atoms with Crippen LogP contribution in [0.5, 0.6) is 0 Å². The van der Waals surface area contributed by atoms with Crippen LogP contribution >= 0.6 is 0 Å². The SMILES string of the molecule is Cc1nc([C@@H]2CN(C3CCCCC3)C[C@H]2NC(=O)C2CCOCC2)n[nH]1. The van der Waals surface area contributed by atoms with Crippen LogP contribution < -0.4 is 5.32 Å². The zero-order valence-electron chi connectivity index (χ0n) is 15.7. The van der Waals surface area contributed by atoms with E-state index in [1.807, 2.05) is 6.92 Å². The molecule has 2 saturated heterocycles. The maximum atomic E-state index is 12.8. The smallest absolute Gasteiger partial charge is 0.223 e. The summed E-state index contributed by atoms with van der Waals surface area (Å²) in [6.45, 7) is 5.18. The van der Waals surface area contributed by atoms with Crippen molar-refractivity contribution in [3.63, 3.8) is 0 Å². The maximum absolute atomic E-state index is 12.8. The van der Waals surface area contributed by atoms with Crippen molar-refractivity contribution in [1.29, 1.82) is 0 Å². The number of aromatic nitrogens is 3. The molecule has 26 heavy (non-hydrogen) atoms. The third kappa shape index (κ3) is 3.93. The number of aromatic amines is 1. The molecule has 3 aliphatic rings. The summed E-state index contributed by atoms with van der Waals surface area (Å²) in [6.07, 6.45) is 8.22. The van der Waals surface area contributed by atoms with Gasteiger partial charge in [0.15, 0.2) is 5.82 Å². The molecule has 3 heterocycles. The third-order valence-corrected chi connectivity index (χ3v) is 6.31. The number of carbonyl (C=O) groups is 1. The summed E-state index contributed by atoms with van der Waals surface area (Å²) in [7, 11) is 0. The van der Waals surface area contributed by atoms with E-state index >= 15 is 0 Å². The number of aryl methyl sites for hydroxylation is 1. The predicted octanol–water partition coefficient (Wildman–Crippen LogP) is 1.76. The molecule has 1 saturated carbocycles. The fourth-order valence-corrected chi connectivity index (χ4v) is 4.77. The highest BCUT2D eigenvalue weighted by atomic mass is 16.5. The fraction of sp³-hybridized carbons (Fsp3) is 0.842. The molecule has 0 radical (unpaired) electrons. The minimum absolute atomic E-state index is 0.0852. The molecule has 0 spiro atoms. The second-order valence-electron chi connectivity index (χ2n) is 8.13. The Morgan fingerprint density at radius 2 is 1.92 bits per heavy atom. The van der Waals surface area contributed by atoms with Gasteiger partial charge in [0.2, 0.25) is 5.91 Å². The first-order valence-corrected chi connectivity index (χ1v) is 10.2. The number of hydrogen-bond acceptors (Lipinski definition) is 5. The molecule has 1 aliphatic carbocycles. The molecular formula is C19H31N5O2. The molecule has 0 unspecified atom stereocenters. The Morgan fingerprint density at radius 3 is 2.62 bits per heavy atom. The molecule has 4 rings (SSSR count). The van der Waals surface area contributed by atoms with Gasteiger partial charge in [0.05, 0.1) is 12.0 Å². The first-order valence-electron chi connectivity index (χ1n) is 10.2. The molecule has 144 valence electrons. The van der Waals surface area contributed by atoms with E-state index in [1.54, 1.807) is 0 Å². The third-order valence-electron chi connectivity index (χ3n) is 6.31. The zero-order valence-corrected chi connectivity index (χ0v) is 15.7. The minimum Gasteiger partial charge on any atom is -0.381 e. The van der Waals surface area contributed by atoms with Crippen LogP contribution in [0, 0.1) is 12.8 Å². The van der Waals surface area contributed by atoms with Gasteiger partial charge >= 0.3 is 0 Å². The molecule has 0 aromatic carbocycles. The minimum atomic E-state index is 0.0852. The second-order valence-corrected chi connectivity index (χ2v) is 8.13. The zero-order chi connectivity index (χ0) is 17.9. The molecule has 2 atom stereocenters. The van der Waals surface area contributed by atoms with Crippen molar-refractivity contribution in [1.82, 2.24) is 25.4 Å².